The predicted octanol–water partition coefficient (Wildman–Crippen LogP) is 2.07. The number of nitrogens with zero attached hydrogens (tertiary/aromatic N) is 1. The highest BCUT2D eigenvalue weighted by Crippen LogP contribution is 2.28. The van der Waals surface area contributed by atoms with Gasteiger partial charge in [0.1, 0.15) is 0 Å². The minimum atomic E-state index is 0.743. The Morgan fingerprint density at radius 1 is 1.40 bits per heavy atom. The Hall–Kier alpha value is -0.380. The van der Waals surface area contributed by atoms with Crippen LogP contribution < -0.4 is 5.32 Å². The summed E-state index contributed by atoms with van der Waals surface area (Å²) in [5.41, 5.74) is 1.44. The van der Waals surface area contributed by atoms with Gasteiger partial charge >= 0.3 is 0 Å². The Morgan fingerprint density at radius 3 is 3.27 bits per heavy atom. The number of nitrogens with one attached hydrogen (secondary N) is 1. The minimum absolute atomic E-state index is 0.743. The van der Waals surface area contributed by atoms with E-state index in [1.807, 2.05) is 0 Å². The van der Waals surface area contributed by atoms with Crippen LogP contribution in [0.1, 0.15) is 24.8 Å². The van der Waals surface area contributed by atoms with Gasteiger partial charge in [0.15, 0.2) is 0 Å². The standard InChI is InChI=1S/C12H18N2S/c1-2-12-11(3-6-14(12)5-1)13-8-10-4-7-15-9-10/h4,7,9,11-13H,1-3,5-6,8H2. The van der Waals surface area contributed by atoms with Crippen LogP contribution in [-0.2, 0) is 6.54 Å². The van der Waals surface area contributed by atoms with Crippen LogP contribution in [0.5, 0.6) is 0 Å². The summed E-state index contributed by atoms with van der Waals surface area (Å²) in [6.45, 7) is 3.70. The maximum Gasteiger partial charge on any atom is 0.0250 e. The zero-order chi connectivity index (χ0) is 10.1. The van der Waals surface area contributed by atoms with Gasteiger partial charge in [-0.15, -0.1) is 0 Å². The van der Waals surface area contributed by atoms with Gasteiger partial charge in [0.25, 0.3) is 0 Å². The van der Waals surface area contributed by atoms with E-state index >= 15 is 0 Å². The summed E-state index contributed by atoms with van der Waals surface area (Å²) in [5, 5.41) is 8.13. The van der Waals surface area contributed by atoms with Gasteiger partial charge in [-0.1, -0.05) is 0 Å². The van der Waals surface area contributed by atoms with Crippen LogP contribution in [0.3, 0.4) is 0 Å². The highest BCUT2D eigenvalue weighted by atomic mass is 32.1. The zero-order valence-corrected chi connectivity index (χ0v) is 9.80. The quantitative estimate of drug-likeness (QED) is 0.842. The van der Waals surface area contributed by atoms with Crippen molar-refractivity contribution in [3.63, 3.8) is 0 Å². The maximum absolute atomic E-state index is 3.72. The maximum atomic E-state index is 3.72. The summed E-state index contributed by atoms with van der Waals surface area (Å²) in [5.74, 6) is 0. The average Bonchev–Trinajstić information content (AvgIpc) is 2.93. The molecule has 0 radical (unpaired) electrons. The number of rotatable bonds is 3. The normalized spacial score (nSPS) is 30.9. The number of hydrogen-bond acceptors (Lipinski definition) is 3. The first-order valence-corrected chi connectivity index (χ1v) is 6.86. The van der Waals surface area contributed by atoms with Crippen LogP contribution in [0.25, 0.3) is 0 Å². The third-order valence-electron chi connectivity index (χ3n) is 3.75. The third kappa shape index (κ3) is 1.96. The molecular formula is C12H18N2S. The van der Waals surface area contributed by atoms with E-state index in [9.17, 15) is 0 Å². The largest absolute Gasteiger partial charge is 0.308 e. The monoisotopic (exact) mass is 222 g/mol. The second-order valence-electron chi connectivity index (χ2n) is 4.65. The summed E-state index contributed by atoms with van der Waals surface area (Å²) in [4.78, 5) is 2.66. The molecule has 2 aliphatic rings. The van der Waals surface area contributed by atoms with Gasteiger partial charge in [0, 0.05) is 25.2 Å². The van der Waals surface area contributed by atoms with Gasteiger partial charge in [0.2, 0.25) is 0 Å². The van der Waals surface area contributed by atoms with E-state index in [2.05, 4.69) is 27.0 Å². The fraction of sp³-hybridized carbons (Fsp3) is 0.667. The molecule has 0 aliphatic carbocycles. The van der Waals surface area contributed by atoms with Crippen molar-refractivity contribution in [1.82, 2.24) is 10.2 Å². The lowest BCUT2D eigenvalue weighted by atomic mass is 10.1. The lowest BCUT2D eigenvalue weighted by Crippen LogP contribution is -2.38. The molecule has 3 rings (SSSR count). The second-order valence-corrected chi connectivity index (χ2v) is 5.43. The predicted molar refractivity (Wildman–Crippen MR) is 64.2 cm³/mol. The van der Waals surface area contributed by atoms with Crippen molar-refractivity contribution in [2.24, 2.45) is 0 Å². The smallest absolute Gasteiger partial charge is 0.0250 e. The minimum Gasteiger partial charge on any atom is -0.308 e. The molecule has 2 fully saturated rings. The van der Waals surface area contributed by atoms with Gasteiger partial charge < -0.3 is 5.32 Å². The molecule has 0 amide bonds. The molecule has 1 N–H and O–H groups in total. The van der Waals surface area contributed by atoms with Crippen molar-refractivity contribution in [1.29, 1.82) is 0 Å². The molecule has 0 bridgehead atoms. The number of hydrogen-bond donors (Lipinski definition) is 1. The molecule has 0 spiro atoms. The van der Waals surface area contributed by atoms with E-state index in [0.717, 1.165) is 18.6 Å². The molecule has 0 saturated carbocycles. The average molecular weight is 222 g/mol. The van der Waals surface area contributed by atoms with Gasteiger partial charge in [0.05, 0.1) is 0 Å². The molecular weight excluding hydrogens is 204 g/mol. The van der Waals surface area contributed by atoms with Crippen LogP contribution in [0.4, 0.5) is 0 Å². The van der Waals surface area contributed by atoms with Crippen molar-refractivity contribution in [2.75, 3.05) is 13.1 Å². The van der Waals surface area contributed by atoms with Gasteiger partial charge in [-0.05, 0) is 48.2 Å². The summed E-state index contributed by atoms with van der Waals surface area (Å²) < 4.78 is 0. The first-order chi connectivity index (χ1) is 7.43. The molecule has 82 valence electrons. The topological polar surface area (TPSA) is 15.3 Å². The fourth-order valence-corrected chi connectivity index (χ4v) is 3.63. The zero-order valence-electron chi connectivity index (χ0n) is 8.98. The van der Waals surface area contributed by atoms with Crippen molar-refractivity contribution in [3.05, 3.63) is 22.4 Å². The Bertz CT molecular complexity index is 309. The third-order valence-corrected chi connectivity index (χ3v) is 4.49. The van der Waals surface area contributed by atoms with E-state index in [0.29, 0.717) is 0 Å². The number of thiophene rings is 1. The SMILES string of the molecule is c1cc(CNC2CCN3CCCC23)cs1. The first-order valence-electron chi connectivity index (χ1n) is 5.92. The van der Waals surface area contributed by atoms with Crippen molar-refractivity contribution >= 4 is 11.3 Å². The van der Waals surface area contributed by atoms with Crippen LogP contribution >= 0.6 is 11.3 Å². The molecule has 2 atom stereocenters. The second kappa shape index (κ2) is 4.24. The molecule has 15 heavy (non-hydrogen) atoms. The van der Waals surface area contributed by atoms with E-state index in [-0.39, 0.29) is 0 Å². The summed E-state index contributed by atoms with van der Waals surface area (Å²) in [6, 6.07) is 3.80. The number of fused-ring (bicyclic) bond motifs is 1. The molecule has 3 heterocycles. The summed E-state index contributed by atoms with van der Waals surface area (Å²) in [6.07, 6.45) is 4.15. The molecule has 2 saturated heterocycles. The van der Waals surface area contributed by atoms with Crippen molar-refractivity contribution < 1.29 is 0 Å². The Kier molecular flexibility index (Phi) is 2.77. The van der Waals surface area contributed by atoms with E-state index in [1.54, 1.807) is 11.3 Å². The highest BCUT2D eigenvalue weighted by Gasteiger charge is 2.36. The molecule has 2 aliphatic heterocycles. The van der Waals surface area contributed by atoms with E-state index in [4.69, 9.17) is 0 Å². The van der Waals surface area contributed by atoms with Crippen LogP contribution in [0.15, 0.2) is 16.8 Å². The van der Waals surface area contributed by atoms with E-state index in [1.165, 1.54) is 37.9 Å². The van der Waals surface area contributed by atoms with Gasteiger partial charge in [-0.25, -0.2) is 0 Å². The van der Waals surface area contributed by atoms with E-state index < -0.39 is 0 Å². The first kappa shape index (κ1) is 9.82. The van der Waals surface area contributed by atoms with Crippen LogP contribution in [0.2, 0.25) is 0 Å². The molecule has 1 aromatic heterocycles. The van der Waals surface area contributed by atoms with Gasteiger partial charge in [-0.2, -0.15) is 11.3 Å². The van der Waals surface area contributed by atoms with Crippen LogP contribution in [0, 0.1) is 0 Å². The molecule has 2 nitrogen and oxygen atoms in total. The van der Waals surface area contributed by atoms with Crippen molar-refractivity contribution in [2.45, 2.75) is 37.9 Å². The Morgan fingerprint density at radius 2 is 2.40 bits per heavy atom. The molecule has 1 aromatic rings. The van der Waals surface area contributed by atoms with Crippen LogP contribution in [-0.4, -0.2) is 30.1 Å². The van der Waals surface area contributed by atoms with Gasteiger partial charge in [-0.3, -0.25) is 4.90 Å². The lowest BCUT2D eigenvalue weighted by molar-refractivity contribution is 0.298. The molecule has 0 aromatic carbocycles. The highest BCUT2D eigenvalue weighted by molar-refractivity contribution is 7.07. The summed E-state index contributed by atoms with van der Waals surface area (Å²) >= 11 is 1.79. The Labute approximate surface area is 95.3 Å². The molecule has 2 unspecified atom stereocenters. The fourth-order valence-electron chi connectivity index (χ4n) is 2.96. The Balaban J connectivity index is 1.55. The summed E-state index contributed by atoms with van der Waals surface area (Å²) in [7, 11) is 0. The van der Waals surface area contributed by atoms with Crippen molar-refractivity contribution in [3.8, 4) is 0 Å². The molecule has 3 heteroatoms. The lowest BCUT2D eigenvalue weighted by Gasteiger charge is -2.21.